The highest BCUT2D eigenvalue weighted by Crippen LogP contribution is 2.19. The summed E-state index contributed by atoms with van der Waals surface area (Å²) in [5.74, 6) is -0.0618. The third-order valence-electron chi connectivity index (χ3n) is 2.93. The van der Waals surface area contributed by atoms with Crippen LogP contribution in [0.25, 0.3) is 0 Å². The Kier molecular flexibility index (Phi) is 3.41. The summed E-state index contributed by atoms with van der Waals surface area (Å²) in [7, 11) is 1.70. The van der Waals surface area contributed by atoms with Gasteiger partial charge in [-0.05, 0) is 24.6 Å². The molecule has 0 spiro atoms. The Bertz CT molecular complexity index is 646. The van der Waals surface area contributed by atoms with Crippen molar-refractivity contribution in [3.63, 3.8) is 0 Å². The normalized spacial score (nSPS) is 10.4. The number of carbonyl (C=O) groups is 1. The fourth-order valence-electron chi connectivity index (χ4n) is 1.96. The molecular weight excluding hydrogens is 246 g/mol. The quantitative estimate of drug-likeness (QED) is 0.478. The van der Waals surface area contributed by atoms with E-state index in [0.29, 0.717) is 11.3 Å². The highest BCUT2D eigenvalue weighted by molar-refractivity contribution is 5.95. The number of benzene rings is 1. The zero-order chi connectivity index (χ0) is 14.0. The Morgan fingerprint density at radius 3 is 2.68 bits per heavy atom. The molecular formula is C13H13N3O3. The van der Waals surface area contributed by atoms with Crippen molar-refractivity contribution in [2.24, 2.45) is 7.05 Å². The molecule has 1 aromatic carbocycles. The van der Waals surface area contributed by atoms with Crippen LogP contribution in [0.15, 0.2) is 30.5 Å². The summed E-state index contributed by atoms with van der Waals surface area (Å²) in [4.78, 5) is 22.3. The fraction of sp³-hybridized carbons (Fsp3) is 0.231. The summed E-state index contributed by atoms with van der Waals surface area (Å²) in [6.45, 7) is 1.66. The van der Waals surface area contributed by atoms with E-state index in [1.54, 1.807) is 38.4 Å². The lowest BCUT2D eigenvalue weighted by atomic mass is 10.0. The molecule has 0 saturated heterocycles. The molecule has 1 heterocycles. The third kappa shape index (κ3) is 2.67. The van der Waals surface area contributed by atoms with Crippen LogP contribution in [-0.2, 0) is 13.5 Å². The molecule has 2 rings (SSSR count). The Morgan fingerprint density at radius 2 is 2.16 bits per heavy atom. The van der Waals surface area contributed by atoms with E-state index >= 15 is 0 Å². The van der Waals surface area contributed by atoms with Crippen molar-refractivity contribution in [1.29, 1.82) is 0 Å². The van der Waals surface area contributed by atoms with Crippen LogP contribution in [0.4, 0.5) is 5.69 Å². The molecule has 0 saturated carbocycles. The topological polar surface area (TPSA) is 78.0 Å². The molecule has 0 N–H and O–H groups in total. The van der Waals surface area contributed by atoms with Crippen LogP contribution in [0.2, 0.25) is 0 Å². The van der Waals surface area contributed by atoms with Crippen molar-refractivity contribution in [2.45, 2.75) is 13.3 Å². The van der Waals surface area contributed by atoms with Crippen molar-refractivity contribution in [3.05, 3.63) is 57.4 Å². The summed E-state index contributed by atoms with van der Waals surface area (Å²) in [5, 5.41) is 14.7. The summed E-state index contributed by atoms with van der Waals surface area (Å²) in [6.07, 6.45) is 1.77. The smallest absolute Gasteiger partial charge is 0.272 e. The van der Waals surface area contributed by atoms with Crippen LogP contribution in [0.3, 0.4) is 0 Å². The molecule has 19 heavy (non-hydrogen) atoms. The van der Waals surface area contributed by atoms with Gasteiger partial charge in [-0.3, -0.25) is 19.6 Å². The second-order valence-electron chi connectivity index (χ2n) is 4.32. The summed E-state index contributed by atoms with van der Waals surface area (Å²) >= 11 is 0. The van der Waals surface area contributed by atoms with E-state index in [1.165, 1.54) is 10.7 Å². The molecule has 2 aromatic rings. The maximum absolute atomic E-state index is 12.0. The van der Waals surface area contributed by atoms with Gasteiger partial charge in [-0.1, -0.05) is 6.07 Å². The standard InChI is InChI=1S/C13H13N3O3/c1-9-7-10(3-4-11(9)16(18)19)8-13(17)12-5-6-14-15(12)2/h3-7H,8H2,1-2H3. The van der Waals surface area contributed by atoms with E-state index < -0.39 is 4.92 Å². The van der Waals surface area contributed by atoms with Gasteiger partial charge >= 0.3 is 0 Å². The number of carbonyl (C=O) groups excluding carboxylic acids is 1. The Hall–Kier alpha value is -2.50. The summed E-state index contributed by atoms with van der Waals surface area (Å²) in [6, 6.07) is 6.37. The molecule has 0 aliphatic carbocycles. The van der Waals surface area contributed by atoms with Gasteiger partial charge in [0.25, 0.3) is 5.69 Å². The van der Waals surface area contributed by atoms with Gasteiger partial charge in [0.15, 0.2) is 5.78 Å². The average molecular weight is 259 g/mol. The number of nitrogens with zero attached hydrogens (tertiary/aromatic N) is 3. The highest BCUT2D eigenvalue weighted by atomic mass is 16.6. The Balaban J connectivity index is 2.21. The molecule has 0 aliphatic heterocycles. The third-order valence-corrected chi connectivity index (χ3v) is 2.93. The van der Waals surface area contributed by atoms with Crippen molar-refractivity contribution in [1.82, 2.24) is 9.78 Å². The first-order valence-corrected chi connectivity index (χ1v) is 5.74. The first-order chi connectivity index (χ1) is 8.99. The number of Topliss-reactive ketones (excluding diaryl/α,β-unsaturated/α-hetero) is 1. The number of nitro groups is 1. The van der Waals surface area contributed by atoms with Crippen LogP contribution in [0.1, 0.15) is 21.6 Å². The molecule has 6 nitrogen and oxygen atoms in total. The zero-order valence-corrected chi connectivity index (χ0v) is 10.7. The Morgan fingerprint density at radius 1 is 1.42 bits per heavy atom. The summed E-state index contributed by atoms with van der Waals surface area (Å²) < 4.78 is 1.51. The zero-order valence-electron chi connectivity index (χ0n) is 10.7. The number of aromatic nitrogens is 2. The Labute approximate surface area is 109 Å². The lowest BCUT2D eigenvalue weighted by Crippen LogP contribution is -2.09. The van der Waals surface area contributed by atoms with E-state index in [-0.39, 0.29) is 17.9 Å². The number of rotatable bonds is 4. The van der Waals surface area contributed by atoms with Crippen LogP contribution in [0, 0.1) is 17.0 Å². The highest BCUT2D eigenvalue weighted by Gasteiger charge is 2.14. The minimum absolute atomic E-state index is 0.0618. The SMILES string of the molecule is Cc1cc(CC(=O)c2ccnn2C)ccc1[N+](=O)[O-]. The van der Waals surface area contributed by atoms with E-state index in [2.05, 4.69) is 5.10 Å². The molecule has 1 aromatic heterocycles. The van der Waals surface area contributed by atoms with E-state index in [9.17, 15) is 14.9 Å². The van der Waals surface area contributed by atoms with Crippen LogP contribution >= 0.6 is 0 Å². The second kappa shape index (κ2) is 5.01. The van der Waals surface area contributed by atoms with E-state index in [0.717, 1.165) is 5.56 Å². The molecule has 0 atom stereocenters. The predicted octanol–water partition coefficient (Wildman–Crippen LogP) is 2.06. The van der Waals surface area contributed by atoms with E-state index in [4.69, 9.17) is 0 Å². The van der Waals surface area contributed by atoms with Gasteiger partial charge in [0.1, 0.15) is 5.69 Å². The van der Waals surface area contributed by atoms with Gasteiger partial charge in [-0.25, -0.2) is 0 Å². The van der Waals surface area contributed by atoms with Crippen LogP contribution < -0.4 is 0 Å². The van der Waals surface area contributed by atoms with Crippen molar-refractivity contribution < 1.29 is 9.72 Å². The van der Waals surface area contributed by atoms with Gasteiger partial charge in [0, 0.05) is 31.3 Å². The van der Waals surface area contributed by atoms with Crippen molar-refractivity contribution in [3.8, 4) is 0 Å². The molecule has 98 valence electrons. The molecule has 6 heteroatoms. The molecule has 0 amide bonds. The molecule has 0 aliphatic rings. The molecule has 0 fully saturated rings. The molecule has 0 bridgehead atoms. The van der Waals surface area contributed by atoms with Gasteiger partial charge in [-0.2, -0.15) is 5.10 Å². The maximum atomic E-state index is 12.0. The van der Waals surface area contributed by atoms with E-state index in [1.807, 2.05) is 0 Å². The first kappa shape index (κ1) is 12.9. The minimum atomic E-state index is -0.429. The first-order valence-electron chi connectivity index (χ1n) is 5.74. The number of ketones is 1. The van der Waals surface area contributed by atoms with Crippen molar-refractivity contribution >= 4 is 11.5 Å². The lowest BCUT2D eigenvalue weighted by molar-refractivity contribution is -0.385. The van der Waals surface area contributed by atoms with Gasteiger partial charge < -0.3 is 0 Å². The molecule has 0 unspecified atom stereocenters. The van der Waals surface area contributed by atoms with Gasteiger partial charge in [0.05, 0.1) is 4.92 Å². The largest absolute Gasteiger partial charge is 0.292 e. The predicted molar refractivity (Wildman–Crippen MR) is 69.1 cm³/mol. The molecule has 0 radical (unpaired) electrons. The summed E-state index contributed by atoms with van der Waals surface area (Å²) in [5.41, 5.74) is 1.90. The number of aryl methyl sites for hydroxylation is 2. The number of hydrogen-bond acceptors (Lipinski definition) is 4. The van der Waals surface area contributed by atoms with Crippen molar-refractivity contribution in [2.75, 3.05) is 0 Å². The van der Waals surface area contributed by atoms with Gasteiger partial charge in [0.2, 0.25) is 0 Å². The minimum Gasteiger partial charge on any atom is -0.292 e. The maximum Gasteiger partial charge on any atom is 0.272 e. The van der Waals surface area contributed by atoms with Crippen LogP contribution in [-0.4, -0.2) is 20.5 Å². The fourth-order valence-corrected chi connectivity index (χ4v) is 1.96. The van der Waals surface area contributed by atoms with Gasteiger partial charge in [-0.15, -0.1) is 0 Å². The number of nitro benzene ring substituents is 1. The second-order valence-corrected chi connectivity index (χ2v) is 4.32. The lowest BCUT2D eigenvalue weighted by Gasteiger charge is -2.03. The number of hydrogen-bond donors (Lipinski definition) is 0. The average Bonchev–Trinajstić information content (AvgIpc) is 2.75. The monoisotopic (exact) mass is 259 g/mol. The van der Waals surface area contributed by atoms with Crippen LogP contribution in [0.5, 0.6) is 0 Å².